The topological polar surface area (TPSA) is 130 Å². The summed E-state index contributed by atoms with van der Waals surface area (Å²) < 4.78 is 9.59. The van der Waals surface area contributed by atoms with Crippen molar-refractivity contribution in [3.63, 3.8) is 0 Å². The minimum absolute atomic E-state index is 0.181. The van der Waals surface area contributed by atoms with Gasteiger partial charge >= 0.3 is 11.9 Å². The second kappa shape index (κ2) is 6.36. The van der Waals surface area contributed by atoms with Gasteiger partial charge in [0.1, 0.15) is 0 Å². The third-order valence-electron chi connectivity index (χ3n) is 4.42. The summed E-state index contributed by atoms with van der Waals surface area (Å²) in [4.78, 5) is 35.6. The largest absolute Gasteiger partial charge is 0.505 e. The summed E-state index contributed by atoms with van der Waals surface area (Å²) in [5, 5.41) is 28.7. The van der Waals surface area contributed by atoms with Crippen molar-refractivity contribution in [2.45, 2.75) is 45.5 Å². The molecule has 3 N–H and O–H groups in total. The summed E-state index contributed by atoms with van der Waals surface area (Å²) in [7, 11) is 0. The van der Waals surface area contributed by atoms with Crippen LogP contribution >= 0.6 is 0 Å². The summed E-state index contributed by atoms with van der Waals surface area (Å²) in [6.07, 6.45) is -3.20. The first-order chi connectivity index (χ1) is 11.5. The standard InChI is InChI=1S/C17H20O8/c1-5-8-7(2)10(18)9(6-17(8,3)4)24-16(23)13(21)14-11(19)12(20)15(22)25-14/h5,9,13-14,19-21H,1,6H2,2-4H3/t9?,13-,14+/m1/s1. The molecule has 0 aromatic heterocycles. The highest BCUT2D eigenvalue weighted by Gasteiger charge is 2.45. The molecule has 0 amide bonds. The molecule has 0 saturated carbocycles. The average molecular weight is 352 g/mol. The van der Waals surface area contributed by atoms with E-state index in [-0.39, 0.29) is 6.42 Å². The maximum absolute atomic E-state index is 12.4. The van der Waals surface area contributed by atoms with E-state index in [2.05, 4.69) is 11.3 Å². The molecule has 1 heterocycles. The van der Waals surface area contributed by atoms with E-state index in [0.717, 1.165) is 5.57 Å². The van der Waals surface area contributed by atoms with Crippen molar-refractivity contribution < 1.29 is 39.2 Å². The first kappa shape index (κ1) is 18.7. The van der Waals surface area contributed by atoms with E-state index in [4.69, 9.17) is 4.74 Å². The first-order valence-electron chi connectivity index (χ1n) is 7.61. The van der Waals surface area contributed by atoms with E-state index in [1.165, 1.54) is 0 Å². The highest BCUT2D eigenvalue weighted by molar-refractivity contribution is 6.02. The van der Waals surface area contributed by atoms with Crippen LogP contribution in [0, 0.1) is 5.41 Å². The Bertz CT molecular complexity index is 712. The molecule has 0 aromatic carbocycles. The Morgan fingerprint density at radius 3 is 2.48 bits per heavy atom. The third kappa shape index (κ3) is 3.17. The van der Waals surface area contributed by atoms with E-state index < -0.39 is 53.0 Å². The van der Waals surface area contributed by atoms with Crippen molar-refractivity contribution in [3.8, 4) is 0 Å². The summed E-state index contributed by atoms with van der Waals surface area (Å²) >= 11 is 0. The Labute approximate surface area is 144 Å². The number of aliphatic hydroxyl groups is 3. The lowest BCUT2D eigenvalue weighted by Crippen LogP contribution is -2.44. The number of allylic oxidation sites excluding steroid dienone is 2. The number of hydrogen-bond acceptors (Lipinski definition) is 8. The fourth-order valence-corrected chi connectivity index (χ4v) is 3.09. The van der Waals surface area contributed by atoms with Gasteiger partial charge in [0, 0.05) is 6.42 Å². The number of hydrogen-bond donors (Lipinski definition) is 3. The van der Waals surface area contributed by atoms with E-state index in [9.17, 15) is 29.7 Å². The Hall–Kier alpha value is -2.61. The fourth-order valence-electron chi connectivity index (χ4n) is 3.09. The van der Waals surface area contributed by atoms with Crippen LogP contribution in [0.25, 0.3) is 0 Å². The molecule has 0 saturated heterocycles. The summed E-state index contributed by atoms with van der Waals surface area (Å²) in [6, 6.07) is 0. The number of ketones is 1. The molecular weight excluding hydrogens is 332 g/mol. The van der Waals surface area contributed by atoms with Crippen LogP contribution < -0.4 is 0 Å². The third-order valence-corrected chi connectivity index (χ3v) is 4.42. The Morgan fingerprint density at radius 2 is 2.00 bits per heavy atom. The van der Waals surface area contributed by atoms with Crippen molar-refractivity contribution in [2.75, 3.05) is 0 Å². The minimum Gasteiger partial charge on any atom is -0.505 e. The summed E-state index contributed by atoms with van der Waals surface area (Å²) in [6.45, 7) is 9.02. The number of esters is 2. The molecule has 0 spiro atoms. The van der Waals surface area contributed by atoms with Gasteiger partial charge in [-0.1, -0.05) is 26.5 Å². The monoisotopic (exact) mass is 352 g/mol. The Balaban J connectivity index is 2.16. The number of aliphatic hydroxyl groups excluding tert-OH is 3. The van der Waals surface area contributed by atoms with Gasteiger partial charge in [0.25, 0.3) is 0 Å². The second-order valence-electron chi connectivity index (χ2n) is 6.63. The lowest BCUT2D eigenvalue weighted by atomic mass is 9.71. The van der Waals surface area contributed by atoms with Gasteiger partial charge in [-0.25, -0.2) is 9.59 Å². The van der Waals surface area contributed by atoms with Crippen LogP contribution in [0.5, 0.6) is 0 Å². The van der Waals surface area contributed by atoms with Crippen LogP contribution in [-0.4, -0.2) is 51.4 Å². The molecule has 25 heavy (non-hydrogen) atoms. The van der Waals surface area contributed by atoms with Crippen molar-refractivity contribution in [1.82, 2.24) is 0 Å². The molecular formula is C17H20O8. The van der Waals surface area contributed by atoms with Gasteiger partial charge < -0.3 is 24.8 Å². The fraction of sp³-hybridized carbons (Fsp3) is 0.471. The van der Waals surface area contributed by atoms with Gasteiger partial charge in [-0.2, -0.15) is 0 Å². The van der Waals surface area contributed by atoms with E-state index in [1.807, 2.05) is 13.8 Å². The molecule has 1 aliphatic carbocycles. The zero-order chi connectivity index (χ0) is 19.1. The average Bonchev–Trinajstić information content (AvgIpc) is 2.79. The van der Waals surface area contributed by atoms with Crippen LogP contribution in [0.4, 0.5) is 0 Å². The number of rotatable bonds is 4. The smallest absolute Gasteiger partial charge is 0.378 e. The molecule has 136 valence electrons. The maximum Gasteiger partial charge on any atom is 0.378 e. The van der Waals surface area contributed by atoms with Gasteiger partial charge in [-0.05, 0) is 23.5 Å². The molecule has 0 bridgehead atoms. The predicted molar refractivity (Wildman–Crippen MR) is 84.4 cm³/mol. The molecule has 0 fully saturated rings. The Kier molecular flexibility index (Phi) is 4.76. The van der Waals surface area contributed by atoms with Crippen LogP contribution in [0.15, 0.2) is 35.3 Å². The molecule has 2 aliphatic rings. The minimum atomic E-state index is -2.07. The molecule has 0 radical (unpaired) electrons. The zero-order valence-corrected chi connectivity index (χ0v) is 14.1. The number of Topliss-reactive ketones (excluding diaryl/α,β-unsaturated/α-hetero) is 1. The number of carbonyl (C=O) groups excluding carboxylic acids is 3. The summed E-state index contributed by atoms with van der Waals surface area (Å²) in [5.74, 6) is -4.97. The highest BCUT2D eigenvalue weighted by Crippen LogP contribution is 2.40. The molecule has 8 heteroatoms. The van der Waals surface area contributed by atoms with Gasteiger partial charge in [0.2, 0.25) is 5.76 Å². The summed E-state index contributed by atoms with van der Waals surface area (Å²) in [5.41, 5.74) is 0.683. The lowest BCUT2D eigenvalue weighted by Gasteiger charge is -2.36. The molecule has 3 atom stereocenters. The van der Waals surface area contributed by atoms with Crippen molar-refractivity contribution in [2.24, 2.45) is 5.41 Å². The Morgan fingerprint density at radius 1 is 1.40 bits per heavy atom. The zero-order valence-electron chi connectivity index (χ0n) is 14.1. The van der Waals surface area contributed by atoms with E-state index >= 15 is 0 Å². The number of carbonyl (C=O) groups is 3. The van der Waals surface area contributed by atoms with Gasteiger partial charge in [0.05, 0.1) is 0 Å². The van der Waals surface area contributed by atoms with Crippen molar-refractivity contribution in [1.29, 1.82) is 0 Å². The van der Waals surface area contributed by atoms with Crippen molar-refractivity contribution in [3.05, 3.63) is 35.3 Å². The van der Waals surface area contributed by atoms with Gasteiger partial charge in [-0.15, -0.1) is 0 Å². The lowest BCUT2D eigenvalue weighted by molar-refractivity contribution is -0.172. The van der Waals surface area contributed by atoms with Crippen LogP contribution in [-0.2, 0) is 23.9 Å². The highest BCUT2D eigenvalue weighted by atomic mass is 16.6. The second-order valence-corrected chi connectivity index (χ2v) is 6.63. The number of ether oxygens (including phenoxy) is 2. The SMILES string of the molecule is C=CC1=C(C)C(=O)C(OC(=O)[C@H](O)[C@H]2OC(=O)C(O)=C2O)CC1(C)C. The normalized spacial score (nSPS) is 27.2. The first-order valence-corrected chi connectivity index (χ1v) is 7.61. The molecule has 8 nitrogen and oxygen atoms in total. The van der Waals surface area contributed by atoms with Gasteiger partial charge in [0.15, 0.2) is 29.9 Å². The van der Waals surface area contributed by atoms with Crippen molar-refractivity contribution >= 4 is 17.7 Å². The maximum atomic E-state index is 12.4. The predicted octanol–water partition coefficient (Wildman–Crippen LogP) is 1.01. The molecule has 2 rings (SSSR count). The van der Waals surface area contributed by atoms with E-state index in [0.29, 0.717) is 5.57 Å². The van der Waals surface area contributed by atoms with Crippen LogP contribution in [0.1, 0.15) is 27.2 Å². The number of cyclic esters (lactones) is 1. The van der Waals surface area contributed by atoms with Crippen LogP contribution in [0.3, 0.4) is 0 Å². The molecule has 1 unspecified atom stereocenters. The van der Waals surface area contributed by atoms with Gasteiger partial charge in [-0.3, -0.25) is 4.79 Å². The van der Waals surface area contributed by atoms with E-state index in [1.54, 1.807) is 13.0 Å². The molecule has 0 aromatic rings. The quantitative estimate of drug-likeness (QED) is 0.639. The molecule has 1 aliphatic heterocycles. The van der Waals surface area contributed by atoms with Crippen LogP contribution in [0.2, 0.25) is 0 Å².